The Morgan fingerprint density at radius 3 is 2.73 bits per heavy atom. The molecule has 1 aliphatic heterocycles. The van der Waals surface area contributed by atoms with E-state index >= 15 is 0 Å². The van der Waals surface area contributed by atoms with Crippen LogP contribution in [0.4, 0.5) is 0 Å². The summed E-state index contributed by atoms with van der Waals surface area (Å²) in [7, 11) is 2.03. The summed E-state index contributed by atoms with van der Waals surface area (Å²) in [6, 6.07) is 8.36. The first kappa shape index (κ1) is 19.5. The number of aliphatic hydroxyl groups is 2. The molecule has 2 aromatic rings. The first-order chi connectivity index (χ1) is 12.6. The highest BCUT2D eigenvalue weighted by atomic mass is 32.1. The molecule has 1 aromatic carbocycles. The zero-order valence-corrected chi connectivity index (χ0v) is 16.5. The molecule has 0 bridgehead atoms. The summed E-state index contributed by atoms with van der Waals surface area (Å²) in [6.45, 7) is 6.92. The molecule has 1 aromatic heterocycles. The molecule has 2 heterocycles. The highest BCUT2D eigenvalue weighted by Crippen LogP contribution is 2.30. The number of likely N-dealkylation sites (tertiary alicyclic amines) is 1. The third kappa shape index (κ3) is 4.69. The third-order valence-electron chi connectivity index (χ3n) is 5.22. The average molecular weight is 376 g/mol. The zero-order chi connectivity index (χ0) is 18.5. The number of hydrogen-bond donors (Lipinski definition) is 2. The van der Waals surface area contributed by atoms with E-state index in [0.717, 1.165) is 31.2 Å². The minimum atomic E-state index is 0.180. The fourth-order valence-corrected chi connectivity index (χ4v) is 4.82. The SMILES string of the molecule is Cc1ccccc1-c1ncc(CN2C[C@@H](CN(C)CCO)[C@@H](CO)C2)s1. The zero-order valence-electron chi connectivity index (χ0n) is 15.6. The van der Waals surface area contributed by atoms with E-state index < -0.39 is 0 Å². The molecule has 2 N–H and O–H groups in total. The Morgan fingerprint density at radius 2 is 2.00 bits per heavy atom. The Balaban J connectivity index is 1.62. The van der Waals surface area contributed by atoms with E-state index in [-0.39, 0.29) is 13.2 Å². The van der Waals surface area contributed by atoms with Crippen molar-refractivity contribution in [3.05, 3.63) is 40.9 Å². The molecular weight excluding hydrogens is 346 g/mol. The molecule has 5 nitrogen and oxygen atoms in total. The lowest BCUT2D eigenvalue weighted by Gasteiger charge is -2.23. The Bertz CT molecular complexity index is 706. The van der Waals surface area contributed by atoms with E-state index in [2.05, 4.69) is 46.0 Å². The molecule has 1 aliphatic rings. The molecule has 3 rings (SSSR count). The van der Waals surface area contributed by atoms with Crippen molar-refractivity contribution in [1.29, 1.82) is 0 Å². The van der Waals surface area contributed by atoms with E-state index in [1.807, 2.05) is 13.2 Å². The Labute approximate surface area is 159 Å². The molecule has 1 saturated heterocycles. The molecule has 0 saturated carbocycles. The summed E-state index contributed by atoms with van der Waals surface area (Å²) in [6.07, 6.45) is 1.99. The normalized spacial score (nSPS) is 21.0. The maximum atomic E-state index is 9.74. The van der Waals surface area contributed by atoms with Crippen molar-refractivity contribution in [1.82, 2.24) is 14.8 Å². The number of aromatic nitrogens is 1. The lowest BCUT2D eigenvalue weighted by molar-refractivity contribution is 0.160. The molecule has 0 radical (unpaired) electrons. The fraction of sp³-hybridized carbons (Fsp3) is 0.550. The molecule has 0 spiro atoms. The first-order valence-electron chi connectivity index (χ1n) is 9.24. The van der Waals surface area contributed by atoms with Gasteiger partial charge in [-0.1, -0.05) is 24.3 Å². The lowest BCUT2D eigenvalue weighted by atomic mass is 9.96. The molecule has 0 amide bonds. The van der Waals surface area contributed by atoms with Gasteiger partial charge >= 0.3 is 0 Å². The predicted octanol–water partition coefficient (Wildman–Crippen LogP) is 2.08. The van der Waals surface area contributed by atoms with Gasteiger partial charge in [0.05, 0.1) is 6.61 Å². The monoisotopic (exact) mass is 375 g/mol. The third-order valence-corrected chi connectivity index (χ3v) is 6.24. The van der Waals surface area contributed by atoms with E-state index in [9.17, 15) is 5.11 Å². The van der Waals surface area contributed by atoms with Gasteiger partial charge in [0.2, 0.25) is 0 Å². The number of likely N-dealkylation sites (N-methyl/N-ethyl adjacent to an activating group) is 1. The number of aliphatic hydroxyl groups excluding tert-OH is 2. The van der Waals surface area contributed by atoms with Crippen LogP contribution in [0.3, 0.4) is 0 Å². The van der Waals surface area contributed by atoms with Crippen LogP contribution in [0.25, 0.3) is 10.6 Å². The van der Waals surface area contributed by atoms with Gasteiger partial charge in [0, 0.05) is 56.0 Å². The highest BCUT2D eigenvalue weighted by molar-refractivity contribution is 7.15. The van der Waals surface area contributed by atoms with Crippen LogP contribution in [0, 0.1) is 18.8 Å². The molecule has 0 aliphatic carbocycles. The maximum absolute atomic E-state index is 9.74. The number of rotatable bonds is 8. The van der Waals surface area contributed by atoms with Crippen molar-refractivity contribution >= 4 is 11.3 Å². The quantitative estimate of drug-likeness (QED) is 0.740. The minimum absolute atomic E-state index is 0.180. The molecule has 26 heavy (non-hydrogen) atoms. The van der Waals surface area contributed by atoms with Gasteiger partial charge in [0.15, 0.2) is 0 Å². The van der Waals surface area contributed by atoms with E-state index in [0.29, 0.717) is 18.4 Å². The van der Waals surface area contributed by atoms with Gasteiger partial charge in [-0.3, -0.25) is 4.90 Å². The van der Waals surface area contributed by atoms with Crippen molar-refractivity contribution in [2.75, 3.05) is 46.4 Å². The summed E-state index contributed by atoms with van der Waals surface area (Å²) >= 11 is 1.76. The molecule has 6 heteroatoms. The van der Waals surface area contributed by atoms with Crippen molar-refractivity contribution in [2.45, 2.75) is 13.5 Å². The fourth-order valence-electron chi connectivity index (χ4n) is 3.78. The topological polar surface area (TPSA) is 59.8 Å². The lowest BCUT2D eigenvalue weighted by Crippen LogP contribution is -2.32. The predicted molar refractivity (Wildman–Crippen MR) is 106 cm³/mol. The van der Waals surface area contributed by atoms with Crippen LogP contribution in [0.2, 0.25) is 0 Å². The molecule has 0 unspecified atom stereocenters. The van der Waals surface area contributed by atoms with E-state index in [4.69, 9.17) is 5.11 Å². The molecule has 142 valence electrons. The minimum Gasteiger partial charge on any atom is -0.396 e. The number of thiazole rings is 1. The number of hydrogen-bond acceptors (Lipinski definition) is 6. The number of aryl methyl sites for hydroxylation is 1. The summed E-state index contributed by atoms with van der Waals surface area (Å²) in [5, 5.41) is 19.9. The van der Waals surface area contributed by atoms with E-state index in [1.165, 1.54) is 16.0 Å². The summed E-state index contributed by atoms with van der Waals surface area (Å²) < 4.78 is 0. The second kappa shape index (κ2) is 9.06. The van der Waals surface area contributed by atoms with Gasteiger partial charge < -0.3 is 15.1 Å². The standard InChI is InChI=1S/C20H29N3O2S/c1-15-5-3-4-6-19(15)20-21-9-18(26-20)13-23-11-16(17(12-23)14-25)10-22(2)7-8-24/h3-6,9,16-17,24-25H,7-8,10-14H2,1-2H3/t16-,17-/m1/s1. The summed E-state index contributed by atoms with van der Waals surface area (Å²) in [5.41, 5.74) is 2.46. The maximum Gasteiger partial charge on any atom is 0.123 e. The summed E-state index contributed by atoms with van der Waals surface area (Å²) in [4.78, 5) is 10.5. The van der Waals surface area contributed by atoms with Gasteiger partial charge in [-0.25, -0.2) is 4.98 Å². The Morgan fingerprint density at radius 1 is 1.23 bits per heavy atom. The Kier molecular flexibility index (Phi) is 6.78. The second-order valence-corrected chi connectivity index (χ2v) is 8.44. The largest absolute Gasteiger partial charge is 0.396 e. The van der Waals surface area contributed by atoms with Crippen molar-refractivity contribution in [3.8, 4) is 10.6 Å². The van der Waals surface area contributed by atoms with Crippen LogP contribution < -0.4 is 0 Å². The van der Waals surface area contributed by atoms with Crippen LogP contribution in [0.1, 0.15) is 10.4 Å². The van der Waals surface area contributed by atoms with E-state index in [1.54, 1.807) is 11.3 Å². The van der Waals surface area contributed by atoms with Crippen LogP contribution in [0.15, 0.2) is 30.5 Å². The van der Waals surface area contributed by atoms with Gasteiger partial charge in [-0.2, -0.15) is 0 Å². The average Bonchev–Trinajstić information content (AvgIpc) is 3.22. The first-order valence-corrected chi connectivity index (χ1v) is 10.1. The van der Waals surface area contributed by atoms with Crippen molar-refractivity contribution < 1.29 is 10.2 Å². The van der Waals surface area contributed by atoms with Crippen LogP contribution in [0.5, 0.6) is 0 Å². The van der Waals surface area contributed by atoms with Gasteiger partial charge in [-0.15, -0.1) is 11.3 Å². The second-order valence-electron chi connectivity index (χ2n) is 7.33. The molecular formula is C20H29N3O2S. The van der Waals surface area contributed by atoms with Gasteiger partial charge in [0.1, 0.15) is 5.01 Å². The number of nitrogens with zero attached hydrogens (tertiary/aromatic N) is 3. The molecule has 1 fully saturated rings. The molecule has 2 atom stereocenters. The van der Waals surface area contributed by atoms with Crippen LogP contribution >= 0.6 is 11.3 Å². The number of benzene rings is 1. The van der Waals surface area contributed by atoms with Crippen molar-refractivity contribution in [2.24, 2.45) is 11.8 Å². The van der Waals surface area contributed by atoms with Gasteiger partial charge in [0.25, 0.3) is 0 Å². The van der Waals surface area contributed by atoms with Crippen molar-refractivity contribution in [3.63, 3.8) is 0 Å². The highest BCUT2D eigenvalue weighted by Gasteiger charge is 2.33. The Hall–Kier alpha value is -1.31. The van der Waals surface area contributed by atoms with Gasteiger partial charge in [-0.05, 0) is 31.4 Å². The summed E-state index contributed by atoms with van der Waals surface area (Å²) in [5.74, 6) is 0.750. The smallest absolute Gasteiger partial charge is 0.123 e. The van der Waals surface area contributed by atoms with Crippen LogP contribution in [-0.4, -0.2) is 71.4 Å². The van der Waals surface area contributed by atoms with Crippen LogP contribution in [-0.2, 0) is 6.54 Å².